The molecule has 0 aromatic heterocycles. The van der Waals surface area contributed by atoms with Gasteiger partial charge in [-0.3, -0.25) is 9.59 Å². The minimum Gasteiger partial charge on any atom is -0.508 e. The van der Waals surface area contributed by atoms with Gasteiger partial charge in [0.1, 0.15) is 23.4 Å². The van der Waals surface area contributed by atoms with Crippen molar-refractivity contribution in [3.05, 3.63) is 29.8 Å². The molecule has 8 nitrogen and oxygen atoms in total. The number of rotatable bonds is 8. The number of aromatic hydroxyl groups is 1. The molecule has 8 heteroatoms. The Morgan fingerprint density at radius 2 is 1.74 bits per heavy atom. The normalized spacial score (nSPS) is 17.2. The second kappa shape index (κ2) is 12.1. The quantitative estimate of drug-likeness (QED) is 0.516. The maximum Gasteiger partial charge on any atom is 0.408 e. The van der Waals surface area contributed by atoms with Crippen LogP contribution in [0.5, 0.6) is 5.75 Å². The number of benzene rings is 1. The van der Waals surface area contributed by atoms with Gasteiger partial charge in [-0.1, -0.05) is 44.4 Å². The number of alkyl carbamates (subject to hydrolysis) is 1. The van der Waals surface area contributed by atoms with Gasteiger partial charge < -0.3 is 25.4 Å². The first-order valence-corrected chi connectivity index (χ1v) is 12.3. The van der Waals surface area contributed by atoms with E-state index in [2.05, 4.69) is 10.6 Å². The summed E-state index contributed by atoms with van der Waals surface area (Å²) in [5, 5.41) is 16.3. The number of carbonyl (C=O) groups excluding carboxylic acids is 3. The molecule has 1 aliphatic carbocycles. The molecule has 0 saturated heterocycles. The number of nitrogens with zero attached hydrogens (tertiary/aromatic N) is 1. The summed E-state index contributed by atoms with van der Waals surface area (Å²) < 4.78 is 5.30. The zero-order valence-corrected chi connectivity index (χ0v) is 21.4. The molecule has 1 aromatic carbocycles. The van der Waals surface area contributed by atoms with Gasteiger partial charge in [-0.2, -0.15) is 0 Å². The summed E-state index contributed by atoms with van der Waals surface area (Å²) in [4.78, 5) is 41.1. The van der Waals surface area contributed by atoms with Gasteiger partial charge in [-0.15, -0.1) is 0 Å². The van der Waals surface area contributed by atoms with E-state index < -0.39 is 29.7 Å². The molecule has 0 aliphatic heterocycles. The molecule has 3 atom stereocenters. The van der Waals surface area contributed by atoms with Crippen LogP contribution >= 0.6 is 0 Å². The maximum absolute atomic E-state index is 13.7. The van der Waals surface area contributed by atoms with Gasteiger partial charge in [0.05, 0.1) is 0 Å². The molecular formula is C26H41N3O5. The van der Waals surface area contributed by atoms with Gasteiger partial charge in [0.25, 0.3) is 0 Å². The summed E-state index contributed by atoms with van der Waals surface area (Å²) >= 11 is 0. The highest BCUT2D eigenvalue weighted by molar-refractivity contribution is 5.92. The first kappa shape index (κ1) is 27.5. The van der Waals surface area contributed by atoms with Crippen molar-refractivity contribution in [1.82, 2.24) is 15.5 Å². The molecule has 0 spiro atoms. The highest BCUT2D eigenvalue weighted by Gasteiger charge is 2.38. The van der Waals surface area contributed by atoms with E-state index >= 15 is 0 Å². The van der Waals surface area contributed by atoms with Crippen molar-refractivity contribution in [3.63, 3.8) is 0 Å². The Morgan fingerprint density at radius 3 is 2.29 bits per heavy atom. The molecule has 1 fully saturated rings. The van der Waals surface area contributed by atoms with Gasteiger partial charge >= 0.3 is 6.09 Å². The number of hydrogen-bond acceptors (Lipinski definition) is 5. The van der Waals surface area contributed by atoms with Crippen molar-refractivity contribution in [2.24, 2.45) is 0 Å². The van der Waals surface area contributed by atoms with E-state index in [1.807, 2.05) is 13.8 Å². The molecule has 1 aromatic rings. The summed E-state index contributed by atoms with van der Waals surface area (Å²) in [5.41, 5.74) is -0.351. The van der Waals surface area contributed by atoms with Crippen LogP contribution in [-0.2, 0) is 14.3 Å². The van der Waals surface area contributed by atoms with Gasteiger partial charge in [0.15, 0.2) is 0 Å². The van der Waals surface area contributed by atoms with Gasteiger partial charge in [0.2, 0.25) is 11.8 Å². The Labute approximate surface area is 203 Å². The van der Waals surface area contributed by atoms with Crippen molar-refractivity contribution in [3.8, 4) is 5.75 Å². The standard InChI is InChI=1S/C26H41N3O5/c1-7-17(2)29(24(32)18(3)27-25(33)34-26(4,5)6)22(20-15-11-12-16-21(20)30)23(31)28-19-13-9-8-10-14-19/h11-12,15-19,22,30H,7-10,13-14H2,1-6H3,(H,27,33)(H,28,31). The Bertz CT molecular complexity index is 845. The fourth-order valence-electron chi connectivity index (χ4n) is 4.23. The highest BCUT2D eigenvalue weighted by Crippen LogP contribution is 2.32. The number of phenols is 1. The van der Waals surface area contributed by atoms with E-state index in [4.69, 9.17) is 4.74 Å². The fourth-order valence-corrected chi connectivity index (χ4v) is 4.23. The van der Waals surface area contributed by atoms with Crippen molar-refractivity contribution < 1.29 is 24.2 Å². The number of para-hydroxylation sites is 1. The number of phenolic OH excluding ortho intramolecular Hbond substituents is 1. The van der Waals surface area contributed by atoms with Crippen molar-refractivity contribution in [1.29, 1.82) is 0 Å². The van der Waals surface area contributed by atoms with Crippen molar-refractivity contribution in [2.75, 3.05) is 0 Å². The molecular weight excluding hydrogens is 434 g/mol. The van der Waals surface area contributed by atoms with Crippen LogP contribution in [0.25, 0.3) is 0 Å². The second-order valence-corrected chi connectivity index (χ2v) is 10.2. The smallest absolute Gasteiger partial charge is 0.408 e. The Morgan fingerprint density at radius 1 is 1.12 bits per heavy atom. The summed E-state index contributed by atoms with van der Waals surface area (Å²) in [6.45, 7) is 10.6. The van der Waals surface area contributed by atoms with Crippen molar-refractivity contribution >= 4 is 17.9 Å². The van der Waals surface area contributed by atoms with Crippen LogP contribution in [0, 0.1) is 0 Å². The lowest BCUT2D eigenvalue weighted by atomic mass is 9.94. The largest absolute Gasteiger partial charge is 0.508 e. The zero-order chi connectivity index (χ0) is 25.5. The van der Waals surface area contributed by atoms with Crippen LogP contribution < -0.4 is 10.6 Å². The molecule has 190 valence electrons. The topological polar surface area (TPSA) is 108 Å². The van der Waals surface area contributed by atoms with E-state index in [0.29, 0.717) is 12.0 Å². The summed E-state index contributed by atoms with van der Waals surface area (Å²) in [7, 11) is 0. The van der Waals surface area contributed by atoms with E-state index in [0.717, 1.165) is 32.1 Å². The predicted molar refractivity (Wildman–Crippen MR) is 131 cm³/mol. The Kier molecular flexibility index (Phi) is 9.77. The third-order valence-corrected chi connectivity index (χ3v) is 6.13. The predicted octanol–water partition coefficient (Wildman–Crippen LogP) is 4.42. The lowest BCUT2D eigenvalue weighted by molar-refractivity contribution is -0.145. The molecule has 0 bridgehead atoms. The molecule has 0 heterocycles. The van der Waals surface area contributed by atoms with E-state index in [1.54, 1.807) is 45.9 Å². The molecule has 1 aliphatic rings. The number of nitrogens with one attached hydrogen (secondary N) is 2. The van der Waals surface area contributed by atoms with Crippen molar-refractivity contribution in [2.45, 2.75) is 110 Å². The van der Waals surface area contributed by atoms with Crippen LogP contribution in [0.4, 0.5) is 4.79 Å². The third kappa shape index (κ3) is 7.64. The van der Waals surface area contributed by atoms with E-state index in [1.165, 1.54) is 11.0 Å². The molecule has 34 heavy (non-hydrogen) atoms. The Hall–Kier alpha value is -2.77. The highest BCUT2D eigenvalue weighted by atomic mass is 16.6. The van der Waals surface area contributed by atoms with E-state index in [9.17, 15) is 19.5 Å². The number of hydrogen-bond donors (Lipinski definition) is 3. The number of carbonyl (C=O) groups is 3. The van der Waals surface area contributed by atoms with Crippen LogP contribution in [0.15, 0.2) is 24.3 Å². The monoisotopic (exact) mass is 475 g/mol. The molecule has 3 unspecified atom stereocenters. The molecule has 0 radical (unpaired) electrons. The minimum atomic E-state index is -1.03. The van der Waals surface area contributed by atoms with Crippen LogP contribution in [0.1, 0.15) is 91.7 Å². The second-order valence-electron chi connectivity index (χ2n) is 10.2. The lowest BCUT2D eigenvalue weighted by Crippen LogP contribution is -2.55. The third-order valence-electron chi connectivity index (χ3n) is 6.13. The Balaban J connectivity index is 2.38. The summed E-state index contributed by atoms with van der Waals surface area (Å²) in [5.74, 6) is -0.807. The van der Waals surface area contributed by atoms with Crippen LogP contribution in [0.3, 0.4) is 0 Å². The fraction of sp³-hybridized carbons (Fsp3) is 0.654. The number of ether oxygens (including phenoxy) is 1. The van der Waals surface area contributed by atoms with Gasteiger partial charge in [0, 0.05) is 17.6 Å². The average Bonchev–Trinajstić information content (AvgIpc) is 2.76. The van der Waals surface area contributed by atoms with E-state index in [-0.39, 0.29) is 23.7 Å². The summed E-state index contributed by atoms with van der Waals surface area (Å²) in [6, 6.07) is 4.34. The van der Waals surface area contributed by atoms with Gasteiger partial charge in [-0.25, -0.2) is 4.79 Å². The molecule has 3 N–H and O–H groups in total. The van der Waals surface area contributed by atoms with Crippen LogP contribution in [-0.4, -0.2) is 51.6 Å². The average molecular weight is 476 g/mol. The molecule has 3 amide bonds. The SMILES string of the molecule is CCC(C)N(C(=O)C(C)NC(=O)OC(C)(C)C)C(C(=O)NC1CCCCC1)c1ccccc1O. The maximum atomic E-state index is 13.7. The first-order valence-electron chi connectivity index (χ1n) is 12.3. The summed E-state index contributed by atoms with van der Waals surface area (Å²) in [6.07, 6.45) is 4.93. The van der Waals surface area contributed by atoms with Gasteiger partial charge in [-0.05, 0) is 59.9 Å². The number of amides is 3. The van der Waals surface area contributed by atoms with Crippen LogP contribution in [0.2, 0.25) is 0 Å². The minimum absolute atomic E-state index is 0.0424. The molecule has 1 saturated carbocycles. The zero-order valence-electron chi connectivity index (χ0n) is 21.4. The first-order chi connectivity index (χ1) is 15.9. The molecule has 2 rings (SSSR count). The lowest BCUT2D eigenvalue weighted by Gasteiger charge is -2.38.